The molecule has 1 unspecified atom stereocenters. The number of carbonyl (C=O) groups excluding carboxylic acids is 1. The molecule has 0 fully saturated rings. The highest BCUT2D eigenvalue weighted by atomic mass is 16.5. The molecule has 1 aromatic heterocycles. The number of ether oxygens (including phenoxy) is 2. The standard InChI is InChI=1S/C25H26N4O3/c1-4-31-24(30)21-7-6-8-22-23(21)29(25(27-22)32-5-2)16-18-9-11-19(12-10-18)28-15-17(3)13-20(28)14-26/h6-13,15,25,27H,4-5,16H2,1-3H3. The zero-order valence-corrected chi connectivity index (χ0v) is 18.5. The Balaban J connectivity index is 1.65. The summed E-state index contributed by atoms with van der Waals surface area (Å²) in [6, 6.07) is 17.7. The highest BCUT2D eigenvalue weighted by Crippen LogP contribution is 2.39. The van der Waals surface area contributed by atoms with Crippen LogP contribution in [0.5, 0.6) is 0 Å². The van der Waals surface area contributed by atoms with Gasteiger partial charge in [0.25, 0.3) is 0 Å². The number of nitriles is 1. The van der Waals surface area contributed by atoms with E-state index < -0.39 is 0 Å². The first-order chi connectivity index (χ1) is 15.5. The van der Waals surface area contributed by atoms with Crippen molar-refractivity contribution in [1.82, 2.24) is 4.57 Å². The van der Waals surface area contributed by atoms with Gasteiger partial charge < -0.3 is 24.3 Å². The molecule has 2 aromatic carbocycles. The number of carbonyl (C=O) groups is 1. The van der Waals surface area contributed by atoms with Gasteiger partial charge in [-0.1, -0.05) is 18.2 Å². The van der Waals surface area contributed by atoms with E-state index in [0.717, 1.165) is 28.2 Å². The van der Waals surface area contributed by atoms with E-state index >= 15 is 0 Å². The highest BCUT2D eigenvalue weighted by Gasteiger charge is 2.33. The number of aromatic nitrogens is 1. The van der Waals surface area contributed by atoms with E-state index in [-0.39, 0.29) is 12.3 Å². The molecule has 0 saturated heterocycles. The molecule has 2 heterocycles. The Morgan fingerprint density at radius 1 is 1.16 bits per heavy atom. The topological polar surface area (TPSA) is 79.5 Å². The van der Waals surface area contributed by atoms with E-state index in [1.54, 1.807) is 13.0 Å². The van der Waals surface area contributed by atoms with E-state index in [1.807, 2.05) is 72.0 Å². The molecule has 1 atom stereocenters. The number of anilines is 2. The molecule has 0 aliphatic carbocycles. The minimum atomic E-state index is -0.387. The van der Waals surface area contributed by atoms with Crippen LogP contribution in [-0.2, 0) is 16.0 Å². The van der Waals surface area contributed by atoms with Crippen LogP contribution in [0.4, 0.5) is 11.4 Å². The van der Waals surface area contributed by atoms with E-state index in [1.165, 1.54) is 0 Å². The largest absolute Gasteiger partial charge is 0.462 e. The average Bonchev–Trinajstić information content (AvgIpc) is 3.34. The molecule has 0 radical (unpaired) electrons. The Morgan fingerprint density at radius 2 is 1.94 bits per heavy atom. The Bertz CT molecular complexity index is 1160. The molecular formula is C25H26N4O3. The lowest BCUT2D eigenvalue weighted by Crippen LogP contribution is -2.38. The zero-order valence-electron chi connectivity index (χ0n) is 18.5. The number of fused-ring (bicyclic) bond motifs is 1. The molecule has 1 aliphatic rings. The lowest BCUT2D eigenvalue weighted by molar-refractivity contribution is 0.0525. The molecular weight excluding hydrogens is 404 g/mol. The highest BCUT2D eigenvalue weighted by molar-refractivity contribution is 6.00. The third kappa shape index (κ3) is 4.05. The van der Waals surface area contributed by atoms with Crippen LogP contribution in [0.2, 0.25) is 0 Å². The minimum absolute atomic E-state index is 0.315. The Morgan fingerprint density at radius 3 is 2.62 bits per heavy atom. The summed E-state index contributed by atoms with van der Waals surface area (Å²) in [5.74, 6) is -0.351. The van der Waals surface area contributed by atoms with Gasteiger partial charge in [-0.2, -0.15) is 5.26 Å². The van der Waals surface area contributed by atoms with Crippen molar-refractivity contribution in [2.45, 2.75) is 33.7 Å². The first kappa shape index (κ1) is 21.5. The maximum atomic E-state index is 12.6. The van der Waals surface area contributed by atoms with Crippen molar-refractivity contribution in [3.05, 3.63) is 77.1 Å². The number of benzene rings is 2. The van der Waals surface area contributed by atoms with E-state index in [4.69, 9.17) is 9.47 Å². The third-order valence-electron chi connectivity index (χ3n) is 5.34. The maximum absolute atomic E-state index is 12.6. The molecule has 1 aliphatic heterocycles. The van der Waals surface area contributed by atoms with Crippen LogP contribution in [0.25, 0.3) is 5.69 Å². The molecule has 7 heteroatoms. The van der Waals surface area contributed by atoms with Crippen LogP contribution >= 0.6 is 0 Å². The Labute approximate surface area is 187 Å². The molecule has 32 heavy (non-hydrogen) atoms. The summed E-state index contributed by atoms with van der Waals surface area (Å²) < 4.78 is 13.1. The number of hydrogen-bond donors (Lipinski definition) is 1. The average molecular weight is 431 g/mol. The first-order valence-corrected chi connectivity index (χ1v) is 10.7. The second-order valence-corrected chi connectivity index (χ2v) is 7.55. The van der Waals surface area contributed by atoms with Gasteiger partial charge in [0.05, 0.1) is 23.5 Å². The Kier molecular flexibility index (Phi) is 6.15. The van der Waals surface area contributed by atoms with Gasteiger partial charge in [0.2, 0.25) is 6.35 Å². The minimum Gasteiger partial charge on any atom is -0.462 e. The van der Waals surface area contributed by atoms with E-state index in [9.17, 15) is 10.1 Å². The van der Waals surface area contributed by atoms with Gasteiger partial charge >= 0.3 is 5.97 Å². The van der Waals surface area contributed by atoms with Crippen molar-refractivity contribution in [3.8, 4) is 11.8 Å². The number of nitrogens with zero attached hydrogens (tertiary/aromatic N) is 3. The van der Waals surface area contributed by atoms with Gasteiger partial charge in [0, 0.05) is 25.0 Å². The summed E-state index contributed by atoms with van der Waals surface area (Å²) in [5, 5.41) is 12.7. The van der Waals surface area contributed by atoms with Crippen molar-refractivity contribution in [3.63, 3.8) is 0 Å². The third-order valence-corrected chi connectivity index (χ3v) is 5.34. The van der Waals surface area contributed by atoms with Crippen LogP contribution in [0.3, 0.4) is 0 Å². The van der Waals surface area contributed by atoms with Crippen LogP contribution in [-0.4, -0.2) is 30.1 Å². The number of aryl methyl sites for hydroxylation is 1. The number of esters is 1. The van der Waals surface area contributed by atoms with Crippen LogP contribution in [0.15, 0.2) is 54.7 Å². The SMILES string of the molecule is CCOC(=O)c1cccc2c1N(Cc1ccc(-n3cc(C)cc3C#N)cc1)C(OCC)N2. The maximum Gasteiger partial charge on any atom is 0.340 e. The monoisotopic (exact) mass is 430 g/mol. The molecule has 164 valence electrons. The van der Waals surface area contributed by atoms with Crippen molar-refractivity contribution >= 4 is 17.3 Å². The van der Waals surface area contributed by atoms with Crippen molar-refractivity contribution in [2.24, 2.45) is 0 Å². The second-order valence-electron chi connectivity index (χ2n) is 7.55. The fraction of sp³-hybridized carbons (Fsp3) is 0.280. The van der Waals surface area contributed by atoms with Crippen molar-refractivity contribution in [2.75, 3.05) is 23.4 Å². The van der Waals surface area contributed by atoms with Gasteiger partial charge in [-0.05, 0) is 62.2 Å². The number of nitrogens with one attached hydrogen (secondary N) is 1. The van der Waals surface area contributed by atoms with E-state index in [0.29, 0.717) is 31.0 Å². The van der Waals surface area contributed by atoms with Crippen molar-refractivity contribution < 1.29 is 14.3 Å². The quantitative estimate of drug-likeness (QED) is 0.553. The number of hydrogen-bond acceptors (Lipinski definition) is 6. The van der Waals surface area contributed by atoms with Crippen LogP contribution < -0.4 is 10.2 Å². The van der Waals surface area contributed by atoms with Gasteiger partial charge in [-0.25, -0.2) is 4.79 Å². The summed E-state index contributed by atoms with van der Waals surface area (Å²) in [6.07, 6.45) is 1.56. The smallest absolute Gasteiger partial charge is 0.340 e. The second kappa shape index (κ2) is 9.16. The van der Waals surface area contributed by atoms with Crippen molar-refractivity contribution in [1.29, 1.82) is 5.26 Å². The summed E-state index contributed by atoms with van der Waals surface area (Å²) in [7, 11) is 0. The van der Waals surface area contributed by atoms with Gasteiger partial charge in [0.1, 0.15) is 11.8 Å². The molecule has 4 rings (SSSR count). The summed E-state index contributed by atoms with van der Waals surface area (Å²) in [4.78, 5) is 14.6. The van der Waals surface area contributed by atoms with E-state index in [2.05, 4.69) is 11.4 Å². The summed E-state index contributed by atoms with van der Waals surface area (Å²) in [6.45, 7) is 7.09. The molecule has 0 spiro atoms. The molecule has 0 saturated carbocycles. The summed E-state index contributed by atoms with van der Waals surface area (Å²) >= 11 is 0. The fourth-order valence-electron chi connectivity index (χ4n) is 3.98. The lowest BCUT2D eigenvalue weighted by Gasteiger charge is -2.27. The first-order valence-electron chi connectivity index (χ1n) is 10.7. The van der Waals surface area contributed by atoms with Gasteiger partial charge in [-0.15, -0.1) is 0 Å². The van der Waals surface area contributed by atoms with Gasteiger partial charge in [0.15, 0.2) is 0 Å². The van der Waals surface area contributed by atoms with Gasteiger partial charge in [-0.3, -0.25) is 0 Å². The normalized spacial score (nSPS) is 14.6. The van der Waals surface area contributed by atoms with Crippen LogP contribution in [0, 0.1) is 18.3 Å². The molecule has 0 bridgehead atoms. The molecule has 7 nitrogen and oxygen atoms in total. The molecule has 3 aromatic rings. The van der Waals surface area contributed by atoms with Crippen LogP contribution in [0.1, 0.15) is 41.0 Å². The lowest BCUT2D eigenvalue weighted by atomic mass is 10.1. The molecule has 0 amide bonds. The summed E-state index contributed by atoms with van der Waals surface area (Å²) in [5.41, 5.74) is 5.74. The number of rotatable bonds is 7. The zero-order chi connectivity index (χ0) is 22.7. The molecule has 1 N–H and O–H groups in total. The number of para-hydroxylation sites is 1. The predicted molar refractivity (Wildman–Crippen MR) is 123 cm³/mol. The fourth-order valence-corrected chi connectivity index (χ4v) is 3.98. The Hall–Kier alpha value is -3.76. The predicted octanol–water partition coefficient (Wildman–Crippen LogP) is 4.59.